The number of aromatic nitrogens is 6. The number of nitrogens with one attached hydrogen (secondary N) is 4. The largest absolute Gasteiger partial charge is 0.495 e. The van der Waals surface area contributed by atoms with Crippen molar-refractivity contribution >= 4 is 151 Å². The number of hydrogen-bond donors (Lipinski definition) is 5. The molecule has 5 aliphatic rings. The van der Waals surface area contributed by atoms with E-state index in [2.05, 4.69) is 70.9 Å². The highest BCUT2D eigenvalue weighted by atomic mass is 127. The second-order valence-electron chi connectivity index (χ2n) is 35.5. The van der Waals surface area contributed by atoms with E-state index in [0.717, 1.165) is 99.5 Å². The minimum Gasteiger partial charge on any atom is -0.495 e. The Morgan fingerprint density at radius 3 is 2.13 bits per heavy atom. The van der Waals surface area contributed by atoms with Crippen LogP contribution in [0.2, 0.25) is 10.0 Å². The van der Waals surface area contributed by atoms with Crippen LogP contribution >= 0.6 is 57.1 Å². The van der Waals surface area contributed by atoms with E-state index in [1.54, 1.807) is 40.8 Å². The maximum atomic E-state index is 15.8. The van der Waals surface area contributed by atoms with Crippen molar-refractivity contribution in [1.29, 1.82) is 5.26 Å². The number of halogens is 8. The normalized spacial score (nSPS) is 17.8. The molecule has 0 unspecified atom stereocenters. The van der Waals surface area contributed by atoms with Crippen LogP contribution in [0.1, 0.15) is 128 Å². The number of amides is 2. The van der Waals surface area contributed by atoms with Gasteiger partial charge in [-0.2, -0.15) is 14.7 Å². The third-order valence-corrected chi connectivity index (χ3v) is 28.7. The van der Waals surface area contributed by atoms with E-state index in [4.69, 9.17) is 68.0 Å². The summed E-state index contributed by atoms with van der Waals surface area (Å²) >= 11 is 16.0. The number of rotatable bonds is 26. The minimum atomic E-state index is -3.13. The lowest BCUT2D eigenvalue weighted by Crippen LogP contribution is -2.60. The number of carboxylic acids is 1. The summed E-state index contributed by atoms with van der Waals surface area (Å²) in [5.41, 5.74) is 3.11. The van der Waals surface area contributed by atoms with Crippen molar-refractivity contribution in [3.8, 4) is 47.0 Å². The van der Waals surface area contributed by atoms with Gasteiger partial charge in [-0.1, -0.05) is 120 Å². The van der Waals surface area contributed by atoms with Crippen molar-refractivity contribution in [2.75, 3.05) is 140 Å². The van der Waals surface area contributed by atoms with Gasteiger partial charge < -0.3 is 59.3 Å². The van der Waals surface area contributed by atoms with Crippen LogP contribution in [0.15, 0.2) is 158 Å². The number of methoxy groups -OCH3 is 3. The van der Waals surface area contributed by atoms with Gasteiger partial charge in [0, 0.05) is 143 Å². The van der Waals surface area contributed by atoms with Crippen LogP contribution in [-0.2, 0) is 41.0 Å². The predicted octanol–water partition coefficient (Wildman–Crippen LogP) is 20.9. The van der Waals surface area contributed by atoms with Crippen molar-refractivity contribution in [3.63, 3.8) is 0 Å². The molecule has 2 aliphatic carbocycles. The van der Waals surface area contributed by atoms with Crippen molar-refractivity contribution in [3.05, 3.63) is 234 Å². The lowest BCUT2D eigenvalue weighted by molar-refractivity contribution is -0.120. The van der Waals surface area contributed by atoms with E-state index >= 15 is 8.78 Å². The minimum absolute atomic E-state index is 0. The number of terminal acetylenes is 1. The molecule has 12 aromatic rings. The molecule has 0 spiro atoms. The summed E-state index contributed by atoms with van der Waals surface area (Å²) in [6, 6.07) is 40.7. The number of thiophene rings is 1. The molecule has 4 aromatic heterocycles. The zero-order valence-corrected chi connectivity index (χ0v) is 81.5. The van der Waals surface area contributed by atoms with Crippen molar-refractivity contribution < 1.29 is 78.3 Å². The highest BCUT2D eigenvalue weighted by Crippen LogP contribution is 2.62. The number of benzene rings is 8. The number of aromatic amines is 1. The van der Waals surface area contributed by atoms with Crippen molar-refractivity contribution in [1.82, 2.24) is 44.2 Å². The van der Waals surface area contributed by atoms with Gasteiger partial charge in [0.15, 0.2) is 34.8 Å². The molecule has 36 heteroatoms. The van der Waals surface area contributed by atoms with E-state index in [-0.39, 0.29) is 85.7 Å². The average Bonchev–Trinajstić information content (AvgIpc) is 1.56. The van der Waals surface area contributed by atoms with E-state index in [0.29, 0.717) is 105 Å². The van der Waals surface area contributed by atoms with Gasteiger partial charge in [-0.05, 0) is 174 Å². The summed E-state index contributed by atoms with van der Waals surface area (Å²) in [6.45, 7) is 17.3. The smallest absolute Gasteiger partial charge is 0.335 e. The molecule has 0 radical (unpaired) electrons. The number of carbonyl (C=O) groups is 3. The van der Waals surface area contributed by atoms with Crippen LogP contribution in [0.3, 0.4) is 0 Å². The molecule has 137 heavy (non-hydrogen) atoms. The molecule has 5 fully saturated rings. The van der Waals surface area contributed by atoms with Crippen LogP contribution < -0.4 is 35.1 Å². The highest BCUT2D eigenvalue weighted by molar-refractivity contribution is 14.1. The molecule has 26 nitrogen and oxygen atoms in total. The molecule has 3 saturated heterocycles. The molecule has 4 atom stereocenters. The Balaban J connectivity index is 0.000000156. The fourth-order valence-corrected chi connectivity index (χ4v) is 21.2. The molecule has 2 saturated carbocycles. The Kier molecular flexibility index (Phi) is 34.2. The summed E-state index contributed by atoms with van der Waals surface area (Å²) in [5.74, 6) is -2.45. The Morgan fingerprint density at radius 2 is 1.46 bits per heavy atom. The third kappa shape index (κ3) is 24.1. The van der Waals surface area contributed by atoms with Gasteiger partial charge >= 0.3 is 5.97 Å². The molecule has 17 rings (SSSR count). The van der Waals surface area contributed by atoms with Crippen LogP contribution in [0.5, 0.6) is 17.2 Å². The van der Waals surface area contributed by atoms with E-state index in [9.17, 15) is 46.3 Å². The van der Waals surface area contributed by atoms with Gasteiger partial charge in [-0.25, -0.2) is 55.1 Å². The molecule has 5 N–H and O–H groups in total. The number of ether oxygens (including phenoxy) is 6. The van der Waals surface area contributed by atoms with Crippen LogP contribution in [0.4, 0.5) is 56.3 Å². The summed E-state index contributed by atoms with van der Waals surface area (Å²) < 4.78 is 134. The summed E-state index contributed by atoms with van der Waals surface area (Å²) in [4.78, 5) is 64.9. The zero-order valence-electron chi connectivity index (χ0n) is 76.2. The highest BCUT2D eigenvalue weighted by Gasteiger charge is 2.61. The van der Waals surface area contributed by atoms with Crippen molar-refractivity contribution in [2.24, 2.45) is 28.6 Å². The fourth-order valence-electron chi connectivity index (χ4n) is 18.5. The Morgan fingerprint density at radius 1 is 0.752 bits per heavy atom. The maximum Gasteiger partial charge on any atom is 0.335 e. The summed E-state index contributed by atoms with van der Waals surface area (Å²) in [7, 11) is 1.45. The number of aromatic carboxylic acids is 1. The number of likely N-dealkylation sites (tertiary alicyclic amines) is 1. The Bertz CT molecular complexity index is 6580. The fraction of sp³-hybridized carbons (Fsp3) is 0.376. The average molecular weight is 2070 g/mol. The van der Waals surface area contributed by atoms with Gasteiger partial charge in [-0.15, -0.1) is 17.8 Å². The van der Waals surface area contributed by atoms with Crippen LogP contribution in [0.25, 0.3) is 43.4 Å². The van der Waals surface area contributed by atoms with Crippen molar-refractivity contribution in [2.45, 2.75) is 97.9 Å². The molecule has 0 bridgehead atoms. The lowest BCUT2D eigenvalue weighted by atomic mass is 9.62. The SMILES string of the molecule is C.C#Cc1cccc(Nc2ncnc3cc(OCCOC)c(OCCOC)cc23)c1.CC1(C2CCCCC2)CN(C(=O)c2ccc(F)c(F)c2Nc2ccc(I)cc2F)C1.COc1cc(C(=O)O)ccc1NC(=O)[C@@H]1C[C@@H](CC(C)(C)C)[C@](C#N)(c2ccc(Cl)cc2F)[C@H]1c1cccc(Cl)c1F.CS(=O)(=O)N1CCN(Cc2cc3nc(-c4cccc5[nH]ncc45)nc(N4CCOCC4)c3s2)CC1. The number of carbonyl (C=O) groups excluding carboxylic acids is 2. The molecule has 3 aliphatic heterocycles. The van der Waals surface area contributed by atoms with Crippen LogP contribution in [-0.4, -0.2) is 195 Å². The number of H-pyrrole nitrogens is 1. The number of piperazine rings is 1. The number of fused-ring (bicyclic) bond motifs is 3. The topological polar surface area (TPSA) is 314 Å². The number of sulfonamides is 1. The Hall–Kier alpha value is -11.4. The number of morpholine rings is 1. The first kappa shape index (κ1) is 103. The van der Waals surface area contributed by atoms with E-state index < -0.39 is 74.2 Å². The molecule has 722 valence electrons. The first-order chi connectivity index (χ1) is 65.2. The second-order valence-corrected chi connectivity index (χ2v) is 40.7. The standard InChI is InChI=1S/C32H30Cl2F2N2O4.C23H24F3IN2O.C23H27N7O3S2.C22H23N3O4.CH4/c1-31(2,3)15-18-13-21(29(39)38-25-11-8-17(30(40)41)12-26(25)42-4)27(20-6-5-7-23(34)28(20)36)32(18,16-37)22-10-9-19(33)14-24(22)35;1-23(14-5-3-2-4-6-14)12-29(13-23)22(30)16-8-9-17(24)20(26)21(16)28-19-10-7-15(27)11-18(19)25;1-35(31,32)30-7-5-28(6-8-30)15-16-13-20-21(34-16)23(29-9-11-33-12-10-29)26-22(25-20)17-3-2-4-19-18(17)14-24-27-19;1-4-16-6-5-7-17(12-16)25-22-18-13-20(28-10-8-26-2)21(29-11-9-27-3)14-19(18)23-15-24-22;/h5-12,14,18,21,27H,13,15H2,1-4H3,(H,38,39)(H,40,41);7-11,14,28H,2-6,12-13H2,1H3;2-4,13-14H,5-12,15H2,1H3,(H,24,27);1,5-7,12-15H,8-11H2,2-3H3,(H,23,24,25);1H4/t18-,21+,27-,32+;;;;/m0..../s1. The first-order valence-electron chi connectivity index (χ1n) is 44.3. The lowest BCUT2D eigenvalue weighted by Gasteiger charge is -2.53. The van der Waals surface area contributed by atoms with Gasteiger partial charge in [0.2, 0.25) is 15.9 Å². The first-order valence-corrected chi connectivity index (χ1v) is 48.8. The molecular formula is C101H108Cl2F5IN14O12S2. The number of anilines is 6. The van der Waals surface area contributed by atoms with Gasteiger partial charge in [0.1, 0.15) is 48.6 Å². The summed E-state index contributed by atoms with van der Waals surface area (Å²) in [5, 5.41) is 38.0. The number of carboxylic acid groups (broad SMARTS) is 1. The van der Waals surface area contributed by atoms with E-state index in [1.165, 1.54) is 123 Å². The molecule has 2 amide bonds. The molecule has 7 heterocycles. The monoisotopic (exact) mass is 2060 g/mol. The number of nitriles is 1. The zero-order chi connectivity index (χ0) is 96.9. The van der Waals surface area contributed by atoms with Crippen LogP contribution in [0, 0.1) is 84.9 Å². The van der Waals surface area contributed by atoms with Gasteiger partial charge in [-0.3, -0.25) is 19.6 Å². The number of hydrogen-bond acceptors (Lipinski definition) is 22. The predicted molar refractivity (Wildman–Crippen MR) is 532 cm³/mol. The second kappa shape index (κ2) is 45.5. The number of nitrogens with zero attached hydrogens (tertiary/aromatic N) is 10. The maximum absolute atomic E-state index is 15.8. The third-order valence-electron chi connectivity index (χ3n) is 25.1. The van der Waals surface area contributed by atoms with E-state index in [1.807, 2.05) is 104 Å². The van der Waals surface area contributed by atoms with Gasteiger partial charge in [0.25, 0.3) is 5.91 Å². The summed E-state index contributed by atoms with van der Waals surface area (Å²) in [6.07, 6.45) is 16.7. The molecule has 8 aromatic carbocycles. The van der Waals surface area contributed by atoms with Gasteiger partial charge in [0.05, 0.1) is 112 Å². The Labute approximate surface area is 820 Å². The quantitative estimate of drug-likeness (QED) is 0.0146. The molecular weight excluding hydrogens is 1960 g/mol.